The van der Waals surface area contributed by atoms with Crippen molar-refractivity contribution < 1.29 is 22.7 Å². The van der Waals surface area contributed by atoms with Crippen molar-refractivity contribution in [2.45, 2.75) is 26.3 Å². The van der Waals surface area contributed by atoms with E-state index in [2.05, 4.69) is 15.2 Å². The Morgan fingerprint density at radius 3 is 2.54 bits per heavy atom. The smallest absolute Gasteiger partial charge is 0.264 e. The maximum absolute atomic E-state index is 14.8. The van der Waals surface area contributed by atoms with Crippen molar-refractivity contribution in [3.63, 3.8) is 0 Å². The highest BCUT2D eigenvalue weighted by molar-refractivity contribution is 5.97. The monoisotopic (exact) mass is 483 g/mol. The average Bonchev–Trinajstić information content (AvgIpc) is 2.84. The number of carbonyl (C=O) groups is 1. The number of rotatable bonds is 7. The Kier molecular flexibility index (Phi) is 7.83. The summed E-state index contributed by atoms with van der Waals surface area (Å²) < 4.78 is 47.7. The number of hydrogen-bond donors (Lipinski definition) is 1. The van der Waals surface area contributed by atoms with Crippen LogP contribution in [0, 0.1) is 12.7 Å². The molecule has 0 spiro atoms. The molecule has 2 aromatic carbocycles. The molecule has 1 fully saturated rings. The first-order chi connectivity index (χ1) is 16.8. The number of morpholine rings is 1. The van der Waals surface area contributed by atoms with Crippen molar-refractivity contribution >= 4 is 5.91 Å². The molecule has 1 saturated heterocycles. The summed E-state index contributed by atoms with van der Waals surface area (Å²) >= 11 is 0. The van der Waals surface area contributed by atoms with Gasteiger partial charge in [0, 0.05) is 54.1 Å². The van der Waals surface area contributed by atoms with Crippen molar-refractivity contribution in [2.24, 2.45) is 0 Å². The second-order valence-corrected chi connectivity index (χ2v) is 8.81. The molecule has 184 valence electrons. The van der Waals surface area contributed by atoms with Crippen LogP contribution >= 0.6 is 0 Å². The molecule has 1 unspecified atom stereocenters. The zero-order valence-electron chi connectivity index (χ0n) is 19.7. The number of benzene rings is 2. The Balaban J connectivity index is 1.71. The van der Waals surface area contributed by atoms with Crippen molar-refractivity contribution in [3.05, 3.63) is 77.2 Å². The lowest BCUT2D eigenvalue weighted by molar-refractivity contribution is 0.0342. The molecule has 8 heteroatoms. The maximum atomic E-state index is 14.8. The molecule has 4 rings (SSSR count). The lowest BCUT2D eigenvalue weighted by Gasteiger charge is -2.29. The minimum atomic E-state index is -2.87. The van der Waals surface area contributed by atoms with Gasteiger partial charge in [-0.2, -0.15) is 0 Å². The Labute approximate surface area is 202 Å². The van der Waals surface area contributed by atoms with Gasteiger partial charge in [-0.1, -0.05) is 18.2 Å². The lowest BCUT2D eigenvalue weighted by Crippen LogP contribution is -2.46. The third kappa shape index (κ3) is 6.07. The Morgan fingerprint density at radius 2 is 1.86 bits per heavy atom. The molecular formula is C27H28F3N3O2. The largest absolute Gasteiger partial charge is 0.379 e. The Hall–Kier alpha value is -3.23. The van der Waals surface area contributed by atoms with Gasteiger partial charge in [-0.3, -0.25) is 14.7 Å². The van der Waals surface area contributed by atoms with Gasteiger partial charge in [0.1, 0.15) is 5.82 Å². The average molecular weight is 484 g/mol. The summed E-state index contributed by atoms with van der Waals surface area (Å²) in [5, 5.41) is 2.98. The number of alkyl halides is 2. The molecule has 0 radical (unpaired) electrons. The second-order valence-electron chi connectivity index (χ2n) is 8.81. The SMILES string of the molecule is Cc1ccc(-c2cc(C(=O)NC(C)CN3CCOCC3)cc(-c3c(F)cccc3C(F)F)c2)nc1. The second kappa shape index (κ2) is 11.0. The molecule has 1 aliphatic rings. The highest BCUT2D eigenvalue weighted by atomic mass is 19.3. The molecule has 0 saturated carbocycles. The number of aryl methyl sites for hydroxylation is 1. The number of carbonyl (C=O) groups excluding carboxylic acids is 1. The molecule has 35 heavy (non-hydrogen) atoms. The van der Waals surface area contributed by atoms with E-state index in [4.69, 9.17) is 4.74 Å². The summed E-state index contributed by atoms with van der Waals surface area (Å²) in [5.41, 5.74) is 1.85. The van der Waals surface area contributed by atoms with Crippen LogP contribution < -0.4 is 5.32 Å². The van der Waals surface area contributed by atoms with Gasteiger partial charge in [0.15, 0.2) is 0 Å². The van der Waals surface area contributed by atoms with E-state index in [1.807, 2.05) is 19.9 Å². The first-order valence-electron chi connectivity index (χ1n) is 11.6. The molecular weight excluding hydrogens is 455 g/mol. The first-order valence-corrected chi connectivity index (χ1v) is 11.6. The summed E-state index contributed by atoms with van der Waals surface area (Å²) in [7, 11) is 0. The molecule has 1 amide bonds. The number of hydrogen-bond acceptors (Lipinski definition) is 4. The summed E-state index contributed by atoms with van der Waals surface area (Å²) in [6, 6.07) is 11.8. The standard InChI is InChI=1S/C27H28F3N3O2/c1-17-6-7-24(31-15-17)19-12-20(25-22(26(29)30)4-3-5-23(25)28)14-21(13-19)27(34)32-18(2)16-33-8-10-35-11-9-33/h3-7,12-15,18,26H,8-11,16H2,1-2H3,(H,32,34). The minimum Gasteiger partial charge on any atom is -0.379 e. The summed E-state index contributed by atoms with van der Waals surface area (Å²) in [6.45, 7) is 7.37. The van der Waals surface area contributed by atoms with Crippen LogP contribution in [0.1, 0.15) is 34.8 Å². The van der Waals surface area contributed by atoms with Crippen molar-refractivity contribution in [3.8, 4) is 22.4 Å². The van der Waals surface area contributed by atoms with Gasteiger partial charge < -0.3 is 10.1 Å². The Bertz CT molecular complexity index is 1180. The summed E-state index contributed by atoms with van der Waals surface area (Å²) in [4.78, 5) is 19.8. The normalized spacial score (nSPS) is 15.3. The van der Waals surface area contributed by atoms with Crippen LogP contribution in [-0.4, -0.2) is 54.7 Å². The van der Waals surface area contributed by atoms with E-state index >= 15 is 0 Å². The van der Waals surface area contributed by atoms with Crippen LogP contribution in [-0.2, 0) is 4.74 Å². The van der Waals surface area contributed by atoms with Gasteiger partial charge in [0.2, 0.25) is 0 Å². The van der Waals surface area contributed by atoms with Gasteiger partial charge in [-0.05, 0) is 55.3 Å². The third-order valence-corrected chi connectivity index (χ3v) is 5.99. The van der Waals surface area contributed by atoms with Gasteiger partial charge in [0.05, 0.1) is 18.9 Å². The van der Waals surface area contributed by atoms with Crippen molar-refractivity contribution in [1.29, 1.82) is 0 Å². The molecule has 1 N–H and O–H groups in total. The van der Waals surface area contributed by atoms with Crippen LogP contribution in [0.25, 0.3) is 22.4 Å². The quantitative estimate of drug-likeness (QED) is 0.499. The van der Waals surface area contributed by atoms with Crippen LogP contribution in [0.3, 0.4) is 0 Å². The zero-order chi connectivity index (χ0) is 24.9. The molecule has 2 heterocycles. The number of halogens is 3. The fourth-order valence-corrected chi connectivity index (χ4v) is 4.24. The van der Waals surface area contributed by atoms with Gasteiger partial charge in [0.25, 0.3) is 12.3 Å². The number of nitrogens with zero attached hydrogens (tertiary/aromatic N) is 2. The highest BCUT2D eigenvalue weighted by Gasteiger charge is 2.21. The van der Waals surface area contributed by atoms with E-state index in [0.717, 1.165) is 24.7 Å². The van der Waals surface area contributed by atoms with Crippen molar-refractivity contribution in [1.82, 2.24) is 15.2 Å². The molecule has 5 nitrogen and oxygen atoms in total. The highest BCUT2D eigenvalue weighted by Crippen LogP contribution is 2.36. The van der Waals surface area contributed by atoms with Crippen LogP contribution in [0.2, 0.25) is 0 Å². The van der Waals surface area contributed by atoms with Crippen LogP contribution in [0.4, 0.5) is 13.2 Å². The number of amides is 1. The molecule has 0 bridgehead atoms. The predicted octanol–water partition coefficient (Wildman–Crippen LogP) is 5.25. The maximum Gasteiger partial charge on any atom is 0.264 e. The molecule has 0 aliphatic carbocycles. The van der Waals surface area contributed by atoms with Crippen molar-refractivity contribution in [2.75, 3.05) is 32.8 Å². The number of aromatic nitrogens is 1. The number of nitrogens with one attached hydrogen (secondary N) is 1. The zero-order valence-corrected chi connectivity index (χ0v) is 19.7. The molecule has 1 aromatic heterocycles. The van der Waals surface area contributed by atoms with E-state index in [9.17, 15) is 18.0 Å². The fraction of sp³-hybridized carbons (Fsp3) is 0.333. The van der Waals surface area contributed by atoms with E-state index < -0.39 is 17.8 Å². The molecule has 1 aliphatic heterocycles. The number of ether oxygens (including phenoxy) is 1. The molecule has 3 aromatic rings. The van der Waals surface area contributed by atoms with Crippen LogP contribution in [0.5, 0.6) is 0 Å². The van der Waals surface area contributed by atoms with E-state index in [1.165, 1.54) is 18.2 Å². The van der Waals surface area contributed by atoms with Gasteiger partial charge in [-0.15, -0.1) is 0 Å². The summed E-state index contributed by atoms with van der Waals surface area (Å²) in [6.07, 6.45) is -1.19. The predicted molar refractivity (Wildman–Crippen MR) is 129 cm³/mol. The number of pyridine rings is 1. The first kappa shape index (κ1) is 24.9. The lowest BCUT2D eigenvalue weighted by atomic mass is 9.94. The van der Waals surface area contributed by atoms with E-state index in [-0.39, 0.29) is 28.6 Å². The topological polar surface area (TPSA) is 54.5 Å². The van der Waals surface area contributed by atoms with E-state index in [1.54, 1.807) is 24.4 Å². The van der Waals surface area contributed by atoms with Crippen LogP contribution in [0.15, 0.2) is 54.7 Å². The van der Waals surface area contributed by atoms with Gasteiger partial charge >= 0.3 is 0 Å². The Morgan fingerprint density at radius 1 is 1.11 bits per heavy atom. The fourth-order valence-electron chi connectivity index (χ4n) is 4.24. The third-order valence-electron chi connectivity index (χ3n) is 5.99. The molecule has 1 atom stereocenters. The van der Waals surface area contributed by atoms with E-state index in [0.29, 0.717) is 31.0 Å². The summed E-state index contributed by atoms with van der Waals surface area (Å²) in [5.74, 6) is -1.14. The van der Waals surface area contributed by atoms with Gasteiger partial charge in [-0.25, -0.2) is 13.2 Å². The minimum absolute atomic E-state index is 0.157.